The Morgan fingerprint density at radius 3 is 2.94 bits per heavy atom. The lowest BCUT2D eigenvalue weighted by molar-refractivity contribution is 0.301. The molecule has 1 saturated carbocycles. The molecule has 16 heavy (non-hydrogen) atoms. The summed E-state index contributed by atoms with van der Waals surface area (Å²) in [6, 6.07) is 4.03. The molecule has 1 fully saturated rings. The smallest absolute Gasteiger partial charge is 0.137 e. The fraction of sp³-hybridized carbons (Fsp3) is 0.615. The first kappa shape index (κ1) is 11.4. The number of aromatic nitrogens is 1. The molecule has 0 unspecified atom stereocenters. The lowest BCUT2D eigenvalue weighted by Gasteiger charge is -2.06. The highest BCUT2D eigenvalue weighted by atomic mass is 16.5. The third-order valence-electron chi connectivity index (χ3n) is 2.85. The molecule has 1 N–H and O–H groups in total. The van der Waals surface area contributed by atoms with E-state index in [0.29, 0.717) is 0 Å². The second-order valence-electron chi connectivity index (χ2n) is 4.35. The Labute approximate surface area is 97.2 Å². The number of pyridine rings is 1. The number of nitrogens with zero attached hydrogens (tertiary/aromatic N) is 1. The molecule has 1 aromatic heterocycles. The molecule has 0 aliphatic heterocycles. The molecule has 1 aromatic rings. The number of ether oxygens (including phenoxy) is 1. The SMILES string of the molecule is CCNCc1ccc(OCCC2CC2)cn1. The zero-order chi connectivity index (χ0) is 11.2. The summed E-state index contributed by atoms with van der Waals surface area (Å²) >= 11 is 0. The fourth-order valence-corrected chi connectivity index (χ4v) is 1.60. The van der Waals surface area contributed by atoms with Crippen molar-refractivity contribution in [2.45, 2.75) is 32.7 Å². The van der Waals surface area contributed by atoms with E-state index in [1.807, 2.05) is 18.3 Å². The standard InChI is InChI=1S/C13H20N2O/c1-2-14-9-12-5-6-13(10-15-12)16-8-7-11-3-4-11/h5-6,10-11,14H,2-4,7-9H2,1H3. The normalized spacial score (nSPS) is 15.1. The highest BCUT2D eigenvalue weighted by molar-refractivity contribution is 5.19. The van der Waals surface area contributed by atoms with E-state index in [9.17, 15) is 0 Å². The zero-order valence-corrected chi connectivity index (χ0v) is 9.91. The quantitative estimate of drug-likeness (QED) is 0.766. The average molecular weight is 220 g/mol. The lowest BCUT2D eigenvalue weighted by Crippen LogP contribution is -2.12. The van der Waals surface area contributed by atoms with Gasteiger partial charge in [0.05, 0.1) is 18.5 Å². The molecule has 0 aromatic carbocycles. The first-order valence-electron chi connectivity index (χ1n) is 6.17. The van der Waals surface area contributed by atoms with Crippen molar-refractivity contribution >= 4 is 0 Å². The molecule has 2 rings (SSSR count). The molecule has 0 spiro atoms. The van der Waals surface area contributed by atoms with Gasteiger partial charge in [-0.3, -0.25) is 4.98 Å². The second-order valence-corrected chi connectivity index (χ2v) is 4.35. The van der Waals surface area contributed by atoms with E-state index in [1.54, 1.807) is 0 Å². The topological polar surface area (TPSA) is 34.1 Å². The van der Waals surface area contributed by atoms with Crippen molar-refractivity contribution in [2.24, 2.45) is 5.92 Å². The Hall–Kier alpha value is -1.09. The van der Waals surface area contributed by atoms with Crippen LogP contribution in [0.1, 0.15) is 31.9 Å². The van der Waals surface area contributed by atoms with Gasteiger partial charge < -0.3 is 10.1 Å². The van der Waals surface area contributed by atoms with Gasteiger partial charge in [0.2, 0.25) is 0 Å². The van der Waals surface area contributed by atoms with Crippen LogP contribution in [0, 0.1) is 5.92 Å². The molecule has 1 aliphatic rings. The number of hydrogen-bond acceptors (Lipinski definition) is 3. The summed E-state index contributed by atoms with van der Waals surface area (Å²) < 4.78 is 5.63. The average Bonchev–Trinajstić information content (AvgIpc) is 3.12. The number of hydrogen-bond donors (Lipinski definition) is 1. The molecular weight excluding hydrogens is 200 g/mol. The first-order chi connectivity index (χ1) is 7.88. The van der Waals surface area contributed by atoms with Crippen LogP contribution in [0.2, 0.25) is 0 Å². The maximum absolute atomic E-state index is 5.63. The molecule has 0 radical (unpaired) electrons. The van der Waals surface area contributed by atoms with Crippen LogP contribution >= 0.6 is 0 Å². The second kappa shape index (κ2) is 5.85. The summed E-state index contributed by atoms with van der Waals surface area (Å²) in [7, 11) is 0. The van der Waals surface area contributed by atoms with E-state index < -0.39 is 0 Å². The van der Waals surface area contributed by atoms with Crippen molar-refractivity contribution in [3.8, 4) is 5.75 Å². The van der Waals surface area contributed by atoms with Crippen molar-refractivity contribution in [3.63, 3.8) is 0 Å². The van der Waals surface area contributed by atoms with Gasteiger partial charge in [-0.1, -0.05) is 19.8 Å². The Morgan fingerprint density at radius 2 is 2.31 bits per heavy atom. The highest BCUT2D eigenvalue weighted by Crippen LogP contribution is 2.32. The highest BCUT2D eigenvalue weighted by Gasteiger charge is 2.20. The van der Waals surface area contributed by atoms with Crippen LogP contribution in [-0.2, 0) is 6.54 Å². The Morgan fingerprint density at radius 1 is 1.44 bits per heavy atom. The van der Waals surface area contributed by atoms with Gasteiger partial charge in [0.15, 0.2) is 0 Å². The molecule has 1 heterocycles. The third-order valence-corrected chi connectivity index (χ3v) is 2.85. The van der Waals surface area contributed by atoms with E-state index in [1.165, 1.54) is 19.3 Å². The van der Waals surface area contributed by atoms with Crippen molar-refractivity contribution in [1.82, 2.24) is 10.3 Å². The summed E-state index contributed by atoms with van der Waals surface area (Å²) in [5.74, 6) is 1.82. The first-order valence-corrected chi connectivity index (χ1v) is 6.17. The Balaban J connectivity index is 1.72. The van der Waals surface area contributed by atoms with E-state index in [0.717, 1.165) is 37.1 Å². The fourth-order valence-electron chi connectivity index (χ4n) is 1.60. The largest absolute Gasteiger partial charge is 0.492 e. The lowest BCUT2D eigenvalue weighted by atomic mass is 10.3. The maximum Gasteiger partial charge on any atom is 0.137 e. The van der Waals surface area contributed by atoms with Crippen molar-refractivity contribution in [3.05, 3.63) is 24.0 Å². The van der Waals surface area contributed by atoms with Gasteiger partial charge in [0, 0.05) is 6.54 Å². The summed E-state index contributed by atoms with van der Waals surface area (Å²) in [6.45, 7) is 4.73. The molecule has 3 nitrogen and oxygen atoms in total. The van der Waals surface area contributed by atoms with E-state index in [4.69, 9.17) is 4.74 Å². The molecule has 0 saturated heterocycles. The van der Waals surface area contributed by atoms with Gasteiger partial charge in [-0.15, -0.1) is 0 Å². The predicted octanol–water partition coefficient (Wildman–Crippen LogP) is 2.37. The van der Waals surface area contributed by atoms with Crippen LogP contribution in [0.25, 0.3) is 0 Å². The van der Waals surface area contributed by atoms with Gasteiger partial charge in [0.25, 0.3) is 0 Å². The van der Waals surface area contributed by atoms with Crippen molar-refractivity contribution in [2.75, 3.05) is 13.2 Å². The molecule has 0 bridgehead atoms. The molecule has 1 aliphatic carbocycles. The van der Waals surface area contributed by atoms with E-state index in [-0.39, 0.29) is 0 Å². The van der Waals surface area contributed by atoms with Crippen LogP contribution < -0.4 is 10.1 Å². The van der Waals surface area contributed by atoms with Gasteiger partial charge >= 0.3 is 0 Å². The van der Waals surface area contributed by atoms with Gasteiger partial charge in [-0.2, -0.15) is 0 Å². The minimum absolute atomic E-state index is 0.832. The number of nitrogens with one attached hydrogen (secondary N) is 1. The summed E-state index contributed by atoms with van der Waals surface area (Å²) in [6.07, 6.45) is 5.80. The Kier molecular flexibility index (Phi) is 4.17. The molecular formula is C13H20N2O. The van der Waals surface area contributed by atoms with Crippen LogP contribution in [0.15, 0.2) is 18.3 Å². The van der Waals surface area contributed by atoms with Gasteiger partial charge in [-0.05, 0) is 31.0 Å². The maximum atomic E-state index is 5.63. The molecule has 3 heteroatoms. The van der Waals surface area contributed by atoms with Gasteiger partial charge in [0.1, 0.15) is 5.75 Å². The van der Waals surface area contributed by atoms with Crippen molar-refractivity contribution in [1.29, 1.82) is 0 Å². The molecule has 0 amide bonds. The summed E-state index contributed by atoms with van der Waals surface area (Å²) in [5, 5.41) is 3.25. The zero-order valence-electron chi connectivity index (χ0n) is 9.91. The predicted molar refractivity (Wildman–Crippen MR) is 64.5 cm³/mol. The Bertz CT molecular complexity index is 306. The van der Waals surface area contributed by atoms with Crippen LogP contribution in [0.3, 0.4) is 0 Å². The molecule has 88 valence electrons. The minimum Gasteiger partial charge on any atom is -0.492 e. The summed E-state index contributed by atoms with van der Waals surface area (Å²) in [5.41, 5.74) is 1.07. The monoisotopic (exact) mass is 220 g/mol. The van der Waals surface area contributed by atoms with Gasteiger partial charge in [-0.25, -0.2) is 0 Å². The minimum atomic E-state index is 0.832. The van der Waals surface area contributed by atoms with E-state index >= 15 is 0 Å². The van der Waals surface area contributed by atoms with Crippen LogP contribution in [0.4, 0.5) is 0 Å². The van der Waals surface area contributed by atoms with Crippen molar-refractivity contribution < 1.29 is 4.74 Å². The van der Waals surface area contributed by atoms with E-state index in [2.05, 4.69) is 17.2 Å². The third kappa shape index (κ3) is 3.81. The van der Waals surface area contributed by atoms with Crippen LogP contribution in [0.5, 0.6) is 5.75 Å². The molecule has 0 atom stereocenters. The summed E-state index contributed by atoms with van der Waals surface area (Å²) in [4.78, 5) is 4.34. The van der Waals surface area contributed by atoms with Crippen LogP contribution in [-0.4, -0.2) is 18.1 Å². The number of rotatable bonds is 7.